The van der Waals surface area contributed by atoms with Crippen LogP contribution in [0.2, 0.25) is 0 Å². The number of rotatable bonds is 6. The first kappa shape index (κ1) is 20.5. The molecule has 0 radical (unpaired) electrons. The number of carbonyl (C=O) groups excluding carboxylic acids is 2. The smallest absolute Gasteiger partial charge is 0.408 e. The molecule has 7 heteroatoms. The Morgan fingerprint density at radius 2 is 1.84 bits per heavy atom. The van der Waals surface area contributed by atoms with Gasteiger partial charge < -0.3 is 15.2 Å². The maximum atomic E-state index is 12.3. The number of benzene rings is 1. The van der Waals surface area contributed by atoms with E-state index in [0.29, 0.717) is 6.42 Å². The van der Waals surface area contributed by atoms with Crippen molar-refractivity contribution in [2.75, 3.05) is 0 Å². The molecule has 0 saturated carbocycles. The van der Waals surface area contributed by atoms with Gasteiger partial charge in [0.25, 0.3) is 5.91 Å². The van der Waals surface area contributed by atoms with E-state index in [9.17, 15) is 14.7 Å². The molecule has 0 unspecified atom stereocenters. The zero-order chi connectivity index (χ0) is 19.0. The van der Waals surface area contributed by atoms with E-state index in [0.717, 1.165) is 5.56 Å². The number of nitrogens with zero attached hydrogens (tertiary/aromatic N) is 1. The number of phenols is 1. The van der Waals surface area contributed by atoms with Gasteiger partial charge >= 0.3 is 6.09 Å². The minimum Gasteiger partial charge on any atom is -0.508 e. The number of alkyl carbamates (subject to hydrolysis) is 1. The van der Waals surface area contributed by atoms with E-state index >= 15 is 0 Å². The van der Waals surface area contributed by atoms with Crippen LogP contribution in [0, 0.1) is 5.92 Å². The van der Waals surface area contributed by atoms with Crippen molar-refractivity contribution in [3.63, 3.8) is 0 Å². The maximum absolute atomic E-state index is 12.3. The van der Waals surface area contributed by atoms with Crippen LogP contribution in [0.5, 0.6) is 5.75 Å². The van der Waals surface area contributed by atoms with E-state index in [2.05, 4.69) is 15.8 Å². The van der Waals surface area contributed by atoms with Gasteiger partial charge in [0.2, 0.25) is 0 Å². The largest absolute Gasteiger partial charge is 0.508 e. The van der Waals surface area contributed by atoms with Crippen molar-refractivity contribution in [1.82, 2.24) is 10.7 Å². The average molecular weight is 349 g/mol. The van der Waals surface area contributed by atoms with E-state index in [4.69, 9.17) is 4.74 Å². The molecule has 0 aromatic heterocycles. The summed E-state index contributed by atoms with van der Waals surface area (Å²) in [4.78, 5) is 24.2. The summed E-state index contributed by atoms with van der Waals surface area (Å²) in [6.07, 6.45) is 1.27. The standard InChI is InChI=1S/C18H27N3O4/c1-12(2)10-15(20-17(24)25-18(3,4)5)16(23)21-19-11-13-6-8-14(22)9-7-13/h6-9,11-12,15,22H,10H2,1-5H3,(H,20,24)(H,21,23)/b19-11+/t15-/m0/s1. The van der Waals surface area contributed by atoms with Gasteiger partial charge in [-0.1, -0.05) is 13.8 Å². The highest BCUT2D eigenvalue weighted by molar-refractivity contribution is 5.87. The first-order valence-corrected chi connectivity index (χ1v) is 8.18. The van der Waals surface area contributed by atoms with Gasteiger partial charge in [-0.25, -0.2) is 10.2 Å². The maximum Gasteiger partial charge on any atom is 0.408 e. The fraction of sp³-hybridized carbons (Fsp3) is 0.500. The third-order valence-corrected chi connectivity index (χ3v) is 3.00. The molecular formula is C18H27N3O4. The van der Waals surface area contributed by atoms with E-state index in [1.54, 1.807) is 32.9 Å². The van der Waals surface area contributed by atoms with Crippen molar-refractivity contribution in [3.8, 4) is 5.75 Å². The number of carbonyl (C=O) groups is 2. The Morgan fingerprint density at radius 3 is 2.36 bits per heavy atom. The molecule has 0 aliphatic carbocycles. The third kappa shape index (κ3) is 8.74. The second-order valence-electron chi connectivity index (χ2n) is 7.15. The lowest BCUT2D eigenvalue weighted by molar-refractivity contribution is -0.123. The zero-order valence-corrected chi connectivity index (χ0v) is 15.4. The van der Waals surface area contributed by atoms with Gasteiger partial charge in [-0.2, -0.15) is 5.10 Å². The highest BCUT2D eigenvalue weighted by Crippen LogP contribution is 2.10. The Kier molecular flexibility index (Phi) is 7.42. The molecular weight excluding hydrogens is 322 g/mol. The number of hydrogen-bond donors (Lipinski definition) is 3. The highest BCUT2D eigenvalue weighted by Gasteiger charge is 2.24. The molecule has 25 heavy (non-hydrogen) atoms. The molecule has 0 saturated heterocycles. The average Bonchev–Trinajstić information content (AvgIpc) is 2.46. The van der Waals surface area contributed by atoms with E-state index in [1.165, 1.54) is 18.3 Å². The molecule has 1 aromatic carbocycles. The number of phenolic OH excluding ortho intramolecular Hbond substituents is 1. The van der Waals surface area contributed by atoms with Crippen molar-refractivity contribution in [2.45, 2.75) is 52.7 Å². The van der Waals surface area contributed by atoms with E-state index in [-0.39, 0.29) is 11.7 Å². The molecule has 1 atom stereocenters. The summed E-state index contributed by atoms with van der Waals surface area (Å²) in [6.45, 7) is 9.18. The second kappa shape index (κ2) is 9.05. The van der Waals surface area contributed by atoms with Gasteiger partial charge in [0, 0.05) is 0 Å². The van der Waals surface area contributed by atoms with Gasteiger partial charge in [0.1, 0.15) is 17.4 Å². The zero-order valence-electron chi connectivity index (χ0n) is 15.4. The molecule has 0 spiro atoms. The summed E-state index contributed by atoms with van der Waals surface area (Å²) in [7, 11) is 0. The molecule has 0 aliphatic heterocycles. The van der Waals surface area contributed by atoms with Gasteiger partial charge in [-0.05, 0) is 62.9 Å². The second-order valence-corrected chi connectivity index (χ2v) is 7.15. The SMILES string of the molecule is CC(C)C[C@H](NC(=O)OC(C)(C)C)C(=O)N/N=C/c1ccc(O)cc1. The number of hydrazone groups is 1. The quantitative estimate of drug-likeness (QED) is 0.543. The molecule has 1 aromatic rings. The van der Waals surface area contributed by atoms with Gasteiger partial charge in [0.05, 0.1) is 6.21 Å². The molecule has 2 amide bonds. The lowest BCUT2D eigenvalue weighted by Gasteiger charge is -2.23. The summed E-state index contributed by atoms with van der Waals surface area (Å²) in [6, 6.07) is 5.63. The van der Waals surface area contributed by atoms with Gasteiger partial charge in [-0.3, -0.25) is 4.79 Å². The van der Waals surface area contributed by atoms with Gasteiger partial charge in [-0.15, -0.1) is 0 Å². The lowest BCUT2D eigenvalue weighted by Crippen LogP contribution is -2.47. The Labute approximate surface area is 148 Å². The normalized spacial score (nSPS) is 12.9. The molecule has 0 bridgehead atoms. The van der Waals surface area contributed by atoms with Crippen LogP contribution < -0.4 is 10.7 Å². The molecule has 1 rings (SSSR count). The Balaban J connectivity index is 2.66. The summed E-state index contributed by atoms with van der Waals surface area (Å²) in [5.41, 5.74) is 2.50. The van der Waals surface area contributed by atoms with Crippen LogP contribution in [0.25, 0.3) is 0 Å². The summed E-state index contributed by atoms with van der Waals surface area (Å²) in [5.74, 6) is -0.0684. The molecule has 0 fully saturated rings. The summed E-state index contributed by atoms with van der Waals surface area (Å²) >= 11 is 0. The van der Waals surface area contributed by atoms with Crippen molar-refractivity contribution >= 4 is 18.2 Å². The van der Waals surface area contributed by atoms with Crippen LogP contribution in [-0.2, 0) is 9.53 Å². The summed E-state index contributed by atoms with van der Waals surface area (Å²) < 4.78 is 5.19. The van der Waals surface area contributed by atoms with Crippen LogP contribution in [0.1, 0.15) is 46.6 Å². The van der Waals surface area contributed by atoms with E-state index < -0.39 is 23.6 Å². The number of ether oxygens (including phenoxy) is 1. The van der Waals surface area contributed by atoms with Crippen molar-refractivity contribution in [2.24, 2.45) is 11.0 Å². The number of amides is 2. The summed E-state index contributed by atoms with van der Waals surface area (Å²) in [5, 5.41) is 15.7. The number of nitrogens with one attached hydrogen (secondary N) is 2. The predicted molar refractivity (Wildman–Crippen MR) is 96.5 cm³/mol. The minimum absolute atomic E-state index is 0.153. The molecule has 0 heterocycles. The Hall–Kier alpha value is -2.57. The fourth-order valence-electron chi connectivity index (χ4n) is 1.96. The Bertz CT molecular complexity index is 604. The topological polar surface area (TPSA) is 100 Å². The van der Waals surface area contributed by atoms with Crippen molar-refractivity contribution in [3.05, 3.63) is 29.8 Å². The Morgan fingerprint density at radius 1 is 1.24 bits per heavy atom. The molecule has 0 aliphatic rings. The fourth-order valence-corrected chi connectivity index (χ4v) is 1.96. The van der Waals surface area contributed by atoms with Gasteiger partial charge in [0.15, 0.2) is 0 Å². The first-order chi connectivity index (χ1) is 11.6. The highest BCUT2D eigenvalue weighted by atomic mass is 16.6. The predicted octanol–water partition coefficient (Wildman–Crippen LogP) is 2.78. The van der Waals surface area contributed by atoms with Crippen LogP contribution in [0.3, 0.4) is 0 Å². The van der Waals surface area contributed by atoms with E-state index in [1.807, 2.05) is 13.8 Å². The molecule has 138 valence electrons. The molecule has 3 N–H and O–H groups in total. The van der Waals surface area contributed by atoms with Crippen LogP contribution in [-0.4, -0.2) is 35.0 Å². The van der Waals surface area contributed by atoms with Crippen LogP contribution >= 0.6 is 0 Å². The third-order valence-electron chi connectivity index (χ3n) is 3.00. The van der Waals surface area contributed by atoms with Crippen LogP contribution in [0.4, 0.5) is 4.79 Å². The first-order valence-electron chi connectivity index (χ1n) is 8.18. The lowest BCUT2D eigenvalue weighted by atomic mass is 10.0. The van der Waals surface area contributed by atoms with Crippen LogP contribution in [0.15, 0.2) is 29.4 Å². The van der Waals surface area contributed by atoms with Crippen molar-refractivity contribution in [1.29, 1.82) is 0 Å². The number of aromatic hydroxyl groups is 1. The monoisotopic (exact) mass is 349 g/mol. The minimum atomic E-state index is -0.744. The van der Waals surface area contributed by atoms with Crippen molar-refractivity contribution < 1.29 is 19.4 Å². The molecule has 7 nitrogen and oxygen atoms in total. The number of hydrogen-bond acceptors (Lipinski definition) is 5.